The molecule has 0 heterocycles. The maximum Gasteiger partial charge on any atom is 1.00 e. The Kier molecular flexibility index (Phi) is 19.4. The Morgan fingerprint density at radius 3 is 1.82 bits per heavy atom. The van der Waals surface area contributed by atoms with E-state index in [1.165, 1.54) is 57.1 Å². The molecule has 0 aliphatic rings. The van der Waals surface area contributed by atoms with Crippen molar-refractivity contribution in [2.24, 2.45) is 0 Å². The largest absolute Gasteiger partial charge is 1.00 e. The number of rotatable bonds is 13. The predicted octanol–water partition coefficient (Wildman–Crippen LogP) is 1.48. The third-order valence-electron chi connectivity index (χ3n) is 3.86. The fourth-order valence-corrected chi connectivity index (χ4v) is 2.73. The van der Waals surface area contributed by atoms with Gasteiger partial charge in [-0.05, 0) is 18.6 Å². The molecule has 0 saturated carbocycles. The molecule has 156 valence electrons. The summed E-state index contributed by atoms with van der Waals surface area (Å²) in [6.07, 6.45) is 11.7. The van der Waals surface area contributed by atoms with Crippen LogP contribution >= 0.6 is 0 Å². The Morgan fingerprint density at radius 1 is 0.964 bits per heavy atom. The van der Waals surface area contributed by atoms with Crippen molar-refractivity contribution in [3.63, 3.8) is 0 Å². The first kappa shape index (κ1) is 29.6. The third-order valence-corrected chi connectivity index (χ3v) is 4.32. The van der Waals surface area contributed by atoms with Crippen LogP contribution in [0, 0.1) is 0 Å². The number of carbonyl (C=O) groups is 1. The topological polar surface area (TPSA) is 124 Å². The Bertz CT molecular complexity index is 620. The number of benzene rings is 1. The van der Waals surface area contributed by atoms with Crippen LogP contribution in [-0.4, -0.2) is 35.8 Å². The number of aromatic hydroxyl groups is 1. The van der Waals surface area contributed by atoms with Gasteiger partial charge in [-0.15, -0.1) is 0 Å². The molecule has 0 aliphatic heterocycles. The molecule has 0 aromatic heterocycles. The minimum Gasteiger partial charge on any atom is -0.726 e. The molecule has 0 aliphatic carbocycles. The molecule has 0 spiro atoms. The van der Waals surface area contributed by atoms with E-state index in [1.807, 2.05) is 0 Å². The molecule has 0 amide bonds. The van der Waals surface area contributed by atoms with Crippen molar-refractivity contribution in [1.82, 2.24) is 0 Å². The molecule has 1 aromatic carbocycles. The zero-order chi connectivity index (χ0) is 20.5. The van der Waals surface area contributed by atoms with Gasteiger partial charge in [-0.1, -0.05) is 76.8 Å². The van der Waals surface area contributed by atoms with E-state index in [0.29, 0.717) is 6.42 Å². The fourth-order valence-electron chi connectivity index (χ4n) is 2.40. The number of carboxylic acids is 1. The smallest absolute Gasteiger partial charge is 0.726 e. The van der Waals surface area contributed by atoms with Crippen molar-refractivity contribution in [3.8, 4) is 5.75 Å². The molecular weight excluding hydrogens is 395 g/mol. The van der Waals surface area contributed by atoms with Gasteiger partial charge in [-0.2, -0.15) is 0 Å². The molecule has 9 heteroatoms. The summed E-state index contributed by atoms with van der Waals surface area (Å²) in [7, 11) is -4.48. The Morgan fingerprint density at radius 2 is 1.43 bits per heavy atom. The molecule has 0 saturated heterocycles. The summed E-state index contributed by atoms with van der Waals surface area (Å²) in [5.41, 5.74) is -0.0671. The molecule has 28 heavy (non-hydrogen) atoms. The van der Waals surface area contributed by atoms with Gasteiger partial charge in [0.25, 0.3) is 0 Å². The van der Waals surface area contributed by atoms with Gasteiger partial charge in [0.2, 0.25) is 10.4 Å². The van der Waals surface area contributed by atoms with E-state index in [4.69, 9.17) is 10.2 Å². The Hall–Kier alpha value is -0.640. The summed E-state index contributed by atoms with van der Waals surface area (Å²) in [5.74, 6) is -1.31. The summed E-state index contributed by atoms with van der Waals surface area (Å²) >= 11 is 0. The number of unbranched alkanes of at least 4 members (excludes halogenated alkanes) is 9. The molecular formula is C19H31NaO7S. The third kappa shape index (κ3) is 18.7. The van der Waals surface area contributed by atoms with Gasteiger partial charge in [0, 0.05) is 0 Å². The minimum absolute atomic E-state index is 0. The average molecular weight is 427 g/mol. The van der Waals surface area contributed by atoms with E-state index >= 15 is 0 Å². The monoisotopic (exact) mass is 426 g/mol. The molecule has 1 rings (SSSR count). The fraction of sp³-hybridized carbons (Fsp3) is 0.632. The van der Waals surface area contributed by atoms with Crippen molar-refractivity contribution < 1.29 is 61.7 Å². The zero-order valence-corrected chi connectivity index (χ0v) is 19.7. The number of para-hydroxylation sites is 1. The van der Waals surface area contributed by atoms with E-state index in [1.54, 1.807) is 12.1 Å². The van der Waals surface area contributed by atoms with Gasteiger partial charge in [-0.3, -0.25) is 4.18 Å². The van der Waals surface area contributed by atoms with Gasteiger partial charge in [0.1, 0.15) is 11.3 Å². The van der Waals surface area contributed by atoms with Crippen LogP contribution in [0.2, 0.25) is 0 Å². The molecule has 2 N–H and O–H groups in total. The van der Waals surface area contributed by atoms with Gasteiger partial charge in [-0.25, -0.2) is 13.2 Å². The number of hydrogen-bond donors (Lipinski definition) is 2. The van der Waals surface area contributed by atoms with E-state index in [9.17, 15) is 17.8 Å². The number of hydrogen-bond acceptors (Lipinski definition) is 6. The van der Waals surface area contributed by atoms with Crippen LogP contribution < -0.4 is 29.6 Å². The average Bonchev–Trinajstić information content (AvgIpc) is 2.59. The summed E-state index contributed by atoms with van der Waals surface area (Å²) in [5, 5.41) is 17.3. The molecule has 0 unspecified atom stereocenters. The van der Waals surface area contributed by atoms with Crippen molar-refractivity contribution >= 4 is 16.4 Å². The van der Waals surface area contributed by atoms with E-state index in [-0.39, 0.29) is 47.5 Å². The normalized spacial score (nSPS) is 10.5. The van der Waals surface area contributed by atoms with Crippen molar-refractivity contribution in [2.75, 3.05) is 6.61 Å². The Balaban J connectivity index is 0. The maximum atomic E-state index is 10.3. The maximum absolute atomic E-state index is 10.3. The summed E-state index contributed by atoms with van der Waals surface area (Å²) in [6.45, 7) is 2.24. The van der Waals surface area contributed by atoms with Crippen LogP contribution in [0.15, 0.2) is 24.3 Å². The first-order chi connectivity index (χ1) is 12.8. The van der Waals surface area contributed by atoms with Crippen LogP contribution in [0.3, 0.4) is 0 Å². The molecule has 1 aromatic rings. The minimum atomic E-state index is -4.48. The van der Waals surface area contributed by atoms with Crippen molar-refractivity contribution in [2.45, 2.75) is 71.1 Å². The van der Waals surface area contributed by atoms with Gasteiger partial charge in [0.15, 0.2) is 0 Å². The quantitative estimate of drug-likeness (QED) is 0.212. The van der Waals surface area contributed by atoms with Gasteiger partial charge >= 0.3 is 35.5 Å². The first-order valence-corrected chi connectivity index (χ1v) is 10.7. The van der Waals surface area contributed by atoms with Crippen LogP contribution in [0.25, 0.3) is 0 Å². The summed E-state index contributed by atoms with van der Waals surface area (Å²) in [6, 6.07) is 5.81. The molecule has 7 nitrogen and oxygen atoms in total. The second-order valence-electron chi connectivity index (χ2n) is 6.23. The SMILES string of the molecule is CCCCCCCCCCCCOS(=O)(=O)[O-].O=C(O)c1ccccc1O.[Na+]. The van der Waals surface area contributed by atoms with Crippen LogP contribution in [0.5, 0.6) is 5.75 Å². The van der Waals surface area contributed by atoms with E-state index in [2.05, 4.69) is 11.1 Å². The summed E-state index contributed by atoms with van der Waals surface area (Å²) in [4.78, 5) is 10.3. The molecule has 0 bridgehead atoms. The van der Waals surface area contributed by atoms with Crippen molar-refractivity contribution in [3.05, 3.63) is 29.8 Å². The van der Waals surface area contributed by atoms with Crippen LogP contribution in [0.4, 0.5) is 0 Å². The second kappa shape index (κ2) is 18.4. The number of phenols is 1. The molecule has 0 fully saturated rings. The Labute approximate surface area is 190 Å². The standard InChI is InChI=1S/C12H26O4S.C7H6O3.Na/c1-2-3-4-5-6-7-8-9-10-11-12-16-17(13,14)15;8-6-4-2-1-3-5(6)7(9)10;/h2-12H2,1H3,(H,13,14,15);1-4,8H,(H,9,10);/q;;+1/p-1. The number of aromatic carboxylic acids is 1. The second-order valence-corrected chi connectivity index (χ2v) is 7.29. The van der Waals surface area contributed by atoms with Gasteiger partial charge in [0.05, 0.1) is 6.61 Å². The predicted molar refractivity (Wildman–Crippen MR) is 103 cm³/mol. The first-order valence-electron chi connectivity index (χ1n) is 9.39. The summed E-state index contributed by atoms with van der Waals surface area (Å²) < 4.78 is 34.5. The zero-order valence-electron chi connectivity index (χ0n) is 16.9. The molecule has 0 atom stereocenters. The van der Waals surface area contributed by atoms with Crippen LogP contribution in [0.1, 0.15) is 81.5 Å². The van der Waals surface area contributed by atoms with E-state index < -0.39 is 16.4 Å². The van der Waals surface area contributed by atoms with E-state index in [0.717, 1.165) is 12.8 Å². The van der Waals surface area contributed by atoms with Crippen molar-refractivity contribution in [1.29, 1.82) is 0 Å². The number of carboxylic acid groups (broad SMARTS) is 1. The van der Waals surface area contributed by atoms with Crippen LogP contribution in [-0.2, 0) is 14.6 Å². The van der Waals surface area contributed by atoms with Gasteiger partial charge < -0.3 is 14.8 Å². The molecule has 0 radical (unpaired) electrons.